The number of nitrogens with zero attached hydrogens (tertiary/aromatic N) is 2. The lowest BCUT2D eigenvalue weighted by Crippen LogP contribution is -2.32. The number of aromatic nitrogens is 1. The van der Waals surface area contributed by atoms with Crippen molar-refractivity contribution in [2.24, 2.45) is 0 Å². The van der Waals surface area contributed by atoms with Crippen LogP contribution in [0.25, 0.3) is 0 Å². The van der Waals surface area contributed by atoms with Gasteiger partial charge in [-0.25, -0.2) is 22.2 Å². The minimum Gasteiger partial charge on any atom is -0.372 e. The molecule has 0 bridgehead atoms. The fourth-order valence-electron chi connectivity index (χ4n) is 1.27. The molecule has 0 amide bonds. The van der Waals surface area contributed by atoms with E-state index in [1.54, 1.807) is 0 Å². The molecule has 1 aromatic rings. The molecule has 0 spiro atoms. The Kier molecular flexibility index (Phi) is 5.00. The van der Waals surface area contributed by atoms with Gasteiger partial charge in [0.1, 0.15) is 10.7 Å². The molecule has 0 saturated carbocycles. The molecular weight excluding hydrogens is 332 g/mol. The highest BCUT2D eigenvalue weighted by Crippen LogP contribution is 2.25. The number of rotatable bonds is 5. The highest BCUT2D eigenvalue weighted by Gasteiger charge is 2.27. The summed E-state index contributed by atoms with van der Waals surface area (Å²) < 4.78 is 49.7. The summed E-state index contributed by atoms with van der Waals surface area (Å²) in [5.41, 5.74) is 0. The predicted octanol–water partition coefficient (Wildman–Crippen LogP) is 1.77. The smallest absolute Gasteiger partial charge is 0.252 e. The first-order valence-electron chi connectivity index (χ1n) is 4.86. The lowest BCUT2D eigenvalue weighted by atomic mass is 10.4. The van der Waals surface area contributed by atoms with Crippen molar-refractivity contribution >= 4 is 31.8 Å². The van der Waals surface area contributed by atoms with E-state index >= 15 is 0 Å². The fourth-order valence-corrected chi connectivity index (χ4v) is 3.07. The maximum absolute atomic E-state index is 12.2. The minimum atomic E-state index is -4.00. The monoisotopic (exact) mass is 343 g/mol. The largest absolute Gasteiger partial charge is 0.372 e. The maximum Gasteiger partial charge on any atom is 0.252 e. The van der Waals surface area contributed by atoms with E-state index in [-0.39, 0.29) is 10.7 Å². The van der Waals surface area contributed by atoms with Gasteiger partial charge in [-0.3, -0.25) is 0 Å². The molecule has 0 aliphatic heterocycles. The number of sulfonamides is 1. The van der Waals surface area contributed by atoms with Gasteiger partial charge < -0.3 is 5.32 Å². The molecule has 1 aromatic heterocycles. The Balaban J connectivity index is 3.23. The molecule has 0 aliphatic rings. The zero-order valence-electron chi connectivity index (χ0n) is 9.69. The Morgan fingerprint density at radius 1 is 1.56 bits per heavy atom. The third kappa shape index (κ3) is 3.36. The second kappa shape index (κ2) is 5.89. The van der Waals surface area contributed by atoms with Gasteiger partial charge in [0.2, 0.25) is 10.0 Å². The topological polar surface area (TPSA) is 62.3 Å². The summed E-state index contributed by atoms with van der Waals surface area (Å²) in [7, 11) is -1.40. The van der Waals surface area contributed by atoms with Crippen molar-refractivity contribution in [2.75, 3.05) is 26.0 Å². The molecule has 18 heavy (non-hydrogen) atoms. The van der Waals surface area contributed by atoms with Crippen molar-refractivity contribution in [3.8, 4) is 0 Å². The summed E-state index contributed by atoms with van der Waals surface area (Å²) in [6.07, 6.45) is -1.32. The maximum atomic E-state index is 12.2. The van der Waals surface area contributed by atoms with Gasteiger partial charge in [-0.1, -0.05) is 0 Å². The summed E-state index contributed by atoms with van der Waals surface area (Å²) in [6, 6.07) is 1.32. The van der Waals surface area contributed by atoms with E-state index in [0.29, 0.717) is 8.78 Å². The molecule has 5 nitrogen and oxygen atoms in total. The molecule has 1 rings (SSSR count). The van der Waals surface area contributed by atoms with E-state index in [1.807, 2.05) is 0 Å². The Hall–Kier alpha value is -0.800. The Morgan fingerprint density at radius 3 is 2.67 bits per heavy atom. The summed E-state index contributed by atoms with van der Waals surface area (Å²) in [5, 5.41) is 2.61. The van der Waals surface area contributed by atoms with E-state index in [0.717, 1.165) is 7.05 Å². The van der Waals surface area contributed by atoms with E-state index in [1.165, 1.54) is 19.3 Å². The van der Waals surface area contributed by atoms with Crippen LogP contribution in [0.1, 0.15) is 0 Å². The van der Waals surface area contributed by atoms with Gasteiger partial charge in [-0.15, -0.1) is 0 Å². The summed E-state index contributed by atoms with van der Waals surface area (Å²) in [6.45, 7) is -0.863. The average Bonchev–Trinajstić information content (AvgIpc) is 2.28. The number of hydrogen-bond donors (Lipinski definition) is 1. The third-order valence-corrected chi connectivity index (χ3v) is 4.41. The molecule has 9 heteroatoms. The van der Waals surface area contributed by atoms with Crippen molar-refractivity contribution in [3.05, 3.63) is 16.7 Å². The number of hydrogen-bond acceptors (Lipinski definition) is 4. The molecule has 102 valence electrons. The van der Waals surface area contributed by atoms with Crippen LogP contribution in [-0.4, -0.2) is 44.8 Å². The predicted molar refractivity (Wildman–Crippen MR) is 67.3 cm³/mol. The molecule has 0 aromatic carbocycles. The van der Waals surface area contributed by atoms with E-state index in [9.17, 15) is 17.2 Å². The lowest BCUT2D eigenvalue weighted by molar-refractivity contribution is 0.126. The van der Waals surface area contributed by atoms with Gasteiger partial charge in [0.05, 0.1) is 6.54 Å². The number of alkyl halides is 2. The third-order valence-electron chi connectivity index (χ3n) is 2.14. The molecule has 0 aliphatic carbocycles. The summed E-state index contributed by atoms with van der Waals surface area (Å²) in [5.74, 6) is 0.110. The quantitative estimate of drug-likeness (QED) is 0.884. The second-order valence-electron chi connectivity index (χ2n) is 3.43. The lowest BCUT2D eigenvalue weighted by Gasteiger charge is -2.18. The minimum absolute atomic E-state index is 0.110. The molecule has 0 unspecified atom stereocenters. The van der Waals surface area contributed by atoms with Gasteiger partial charge in [-0.2, -0.15) is 4.31 Å². The Bertz CT molecular complexity index is 525. The van der Waals surface area contributed by atoms with E-state index in [2.05, 4.69) is 26.2 Å². The first-order chi connectivity index (χ1) is 8.28. The van der Waals surface area contributed by atoms with Crippen LogP contribution in [0.15, 0.2) is 21.6 Å². The van der Waals surface area contributed by atoms with Gasteiger partial charge in [-0.05, 0) is 22.0 Å². The molecule has 1 N–H and O–H groups in total. The van der Waals surface area contributed by atoms with Crippen LogP contribution >= 0.6 is 15.9 Å². The van der Waals surface area contributed by atoms with E-state index in [4.69, 9.17) is 0 Å². The second-order valence-corrected chi connectivity index (χ2v) is 6.36. The van der Waals surface area contributed by atoms with Gasteiger partial charge in [0.25, 0.3) is 6.43 Å². The van der Waals surface area contributed by atoms with Crippen molar-refractivity contribution < 1.29 is 17.2 Å². The molecule has 0 radical (unpaired) electrons. The molecule has 1 heterocycles. The highest BCUT2D eigenvalue weighted by atomic mass is 79.9. The fraction of sp³-hybridized carbons (Fsp3) is 0.444. The van der Waals surface area contributed by atoms with Gasteiger partial charge >= 0.3 is 0 Å². The molecule has 0 saturated heterocycles. The number of halogens is 3. The van der Waals surface area contributed by atoms with Crippen molar-refractivity contribution in [1.82, 2.24) is 9.29 Å². The SMILES string of the molecule is CNc1ncc(Br)cc1S(=O)(=O)N(C)CC(F)F. The Morgan fingerprint density at radius 2 is 2.17 bits per heavy atom. The highest BCUT2D eigenvalue weighted by molar-refractivity contribution is 9.10. The van der Waals surface area contributed by atoms with Crippen LogP contribution in [0.4, 0.5) is 14.6 Å². The first-order valence-corrected chi connectivity index (χ1v) is 7.10. The number of anilines is 1. The van der Waals surface area contributed by atoms with Crippen LogP contribution < -0.4 is 5.32 Å². The van der Waals surface area contributed by atoms with Crippen LogP contribution in [0.3, 0.4) is 0 Å². The number of nitrogens with one attached hydrogen (secondary N) is 1. The molecule has 0 fully saturated rings. The van der Waals surface area contributed by atoms with Gasteiger partial charge in [0, 0.05) is 24.8 Å². The Labute approximate surface area is 112 Å². The van der Waals surface area contributed by atoms with Crippen molar-refractivity contribution in [3.63, 3.8) is 0 Å². The van der Waals surface area contributed by atoms with Gasteiger partial charge in [0.15, 0.2) is 0 Å². The van der Waals surface area contributed by atoms with Crippen LogP contribution in [0.2, 0.25) is 0 Å². The van der Waals surface area contributed by atoms with E-state index < -0.39 is 23.0 Å². The normalized spacial score (nSPS) is 12.2. The van der Waals surface area contributed by atoms with Crippen LogP contribution in [0.5, 0.6) is 0 Å². The molecular formula is C9H12BrF2N3O2S. The van der Waals surface area contributed by atoms with Crippen molar-refractivity contribution in [2.45, 2.75) is 11.3 Å². The summed E-state index contributed by atoms with van der Waals surface area (Å²) >= 11 is 3.10. The average molecular weight is 344 g/mol. The zero-order chi connectivity index (χ0) is 13.9. The first kappa shape index (κ1) is 15.3. The summed E-state index contributed by atoms with van der Waals surface area (Å²) in [4.78, 5) is 3.72. The van der Waals surface area contributed by atoms with Crippen molar-refractivity contribution in [1.29, 1.82) is 0 Å². The van der Waals surface area contributed by atoms with Crippen LogP contribution in [-0.2, 0) is 10.0 Å². The zero-order valence-corrected chi connectivity index (χ0v) is 12.1. The van der Waals surface area contributed by atoms with Crippen LogP contribution in [0, 0.1) is 0 Å². The number of pyridine rings is 1. The molecule has 0 atom stereocenters. The standard InChI is InChI=1S/C9H12BrF2N3O2S/c1-13-9-7(3-6(10)4-14-9)18(16,17)15(2)5-8(11)12/h3-4,8H,5H2,1-2H3,(H,13,14).